The minimum absolute atomic E-state index is 0.298. The summed E-state index contributed by atoms with van der Waals surface area (Å²) in [6.45, 7) is 2.55. The SMILES string of the molecule is CCOc1ccc(-c2nc3c4ccccc4nc(Nc4ccccnc4=O)n3n2)cc1. The number of hydrogen-bond acceptors (Lipinski definition) is 7. The van der Waals surface area contributed by atoms with Gasteiger partial charge in [-0.15, -0.1) is 5.10 Å². The van der Waals surface area contributed by atoms with Crippen LogP contribution >= 0.6 is 0 Å². The summed E-state index contributed by atoms with van der Waals surface area (Å²) in [4.78, 5) is 25.6. The van der Waals surface area contributed by atoms with Crippen molar-refractivity contribution in [3.8, 4) is 17.1 Å². The predicted octanol–water partition coefficient (Wildman–Crippen LogP) is 3.84. The van der Waals surface area contributed by atoms with Gasteiger partial charge in [-0.1, -0.05) is 18.2 Å². The molecule has 0 atom stereocenters. The number of nitrogens with one attached hydrogen (secondary N) is 1. The van der Waals surface area contributed by atoms with E-state index in [9.17, 15) is 4.79 Å². The highest BCUT2D eigenvalue weighted by atomic mass is 16.5. The van der Waals surface area contributed by atoms with Gasteiger partial charge in [0.1, 0.15) is 11.4 Å². The number of para-hydroxylation sites is 1. The van der Waals surface area contributed by atoms with Gasteiger partial charge >= 0.3 is 0 Å². The average Bonchev–Trinajstić information content (AvgIpc) is 3.15. The number of anilines is 2. The minimum Gasteiger partial charge on any atom is -0.494 e. The summed E-state index contributed by atoms with van der Waals surface area (Å²) in [5.41, 5.74) is 2.13. The van der Waals surface area contributed by atoms with Crippen LogP contribution in [0, 0.1) is 0 Å². The monoisotopic (exact) mass is 410 g/mol. The molecule has 0 amide bonds. The zero-order chi connectivity index (χ0) is 21.2. The van der Waals surface area contributed by atoms with Crippen molar-refractivity contribution < 1.29 is 4.74 Å². The molecule has 0 radical (unpaired) electrons. The summed E-state index contributed by atoms with van der Waals surface area (Å²) in [5, 5.41) is 8.60. The number of benzene rings is 2. The third kappa shape index (κ3) is 3.55. The molecular formula is C23H18N6O2. The molecule has 2 aromatic carbocycles. The van der Waals surface area contributed by atoms with Crippen LogP contribution in [0.4, 0.5) is 11.6 Å². The lowest BCUT2D eigenvalue weighted by molar-refractivity contribution is 0.340. The Morgan fingerprint density at radius 2 is 1.77 bits per heavy atom. The molecule has 0 saturated heterocycles. The Bertz CT molecular complexity index is 1450. The smallest absolute Gasteiger partial charge is 0.293 e. The Labute approximate surface area is 177 Å². The summed E-state index contributed by atoms with van der Waals surface area (Å²) in [5.74, 6) is 1.71. The fourth-order valence-electron chi connectivity index (χ4n) is 3.29. The Kier molecular flexibility index (Phi) is 4.72. The standard InChI is InChI=1S/C23H18N6O2/c1-2-31-16-12-10-15(11-13-16)20-27-21-17-7-3-4-8-18(17)25-23(29(21)28-20)26-19-9-5-6-14-24-22(19)30/h3-14H,2H2,1H3,(H,24,25,26,30). The van der Waals surface area contributed by atoms with E-state index in [-0.39, 0.29) is 5.56 Å². The van der Waals surface area contributed by atoms with Gasteiger partial charge in [0.15, 0.2) is 11.5 Å². The van der Waals surface area contributed by atoms with Crippen molar-refractivity contribution in [2.24, 2.45) is 0 Å². The zero-order valence-electron chi connectivity index (χ0n) is 16.7. The first-order valence-corrected chi connectivity index (χ1v) is 9.84. The Hall–Kier alpha value is -4.33. The summed E-state index contributed by atoms with van der Waals surface area (Å²) < 4.78 is 7.13. The van der Waals surface area contributed by atoms with Gasteiger partial charge in [-0.3, -0.25) is 4.79 Å². The maximum atomic E-state index is 12.3. The van der Waals surface area contributed by atoms with Crippen molar-refractivity contribution in [1.29, 1.82) is 0 Å². The van der Waals surface area contributed by atoms with Gasteiger partial charge in [0, 0.05) is 17.1 Å². The van der Waals surface area contributed by atoms with E-state index in [1.807, 2.05) is 55.5 Å². The fourth-order valence-corrected chi connectivity index (χ4v) is 3.29. The molecule has 1 N–H and O–H groups in total. The maximum absolute atomic E-state index is 12.3. The van der Waals surface area contributed by atoms with Crippen LogP contribution in [0.15, 0.2) is 77.7 Å². The molecule has 0 unspecified atom stereocenters. The summed E-state index contributed by atoms with van der Waals surface area (Å²) >= 11 is 0. The van der Waals surface area contributed by atoms with Gasteiger partial charge < -0.3 is 10.1 Å². The molecule has 31 heavy (non-hydrogen) atoms. The van der Waals surface area contributed by atoms with Crippen LogP contribution in [-0.4, -0.2) is 31.2 Å². The van der Waals surface area contributed by atoms with Crippen LogP contribution in [0.2, 0.25) is 0 Å². The molecule has 3 aromatic heterocycles. The number of hydrogen-bond donors (Lipinski definition) is 1. The van der Waals surface area contributed by atoms with Crippen LogP contribution in [0.5, 0.6) is 5.75 Å². The number of aromatic nitrogens is 5. The van der Waals surface area contributed by atoms with Gasteiger partial charge in [0.05, 0.1) is 12.1 Å². The van der Waals surface area contributed by atoms with E-state index in [0.717, 1.165) is 22.2 Å². The van der Waals surface area contributed by atoms with E-state index in [1.165, 1.54) is 6.20 Å². The highest BCUT2D eigenvalue weighted by Crippen LogP contribution is 2.26. The molecule has 0 fully saturated rings. The van der Waals surface area contributed by atoms with E-state index in [2.05, 4.69) is 20.4 Å². The Morgan fingerprint density at radius 3 is 2.61 bits per heavy atom. The molecule has 3 heterocycles. The van der Waals surface area contributed by atoms with Crippen molar-refractivity contribution >= 4 is 28.2 Å². The molecule has 5 aromatic rings. The molecule has 0 aliphatic heterocycles. The van der Waals surface area contributed by atoms with Crippen LogP contribution in [0.1, 0.15) is 6.92 Å². The second-order valence-corrected chi connectivity index (χ2v) is 6.75. The number of nitrogens with zero attached hydrogens (tertiary/aromatic N) is 5. The Morgan fingerprint density at radius 1 is 0.968 bits per heavy atom. The van der Waals surface area contributed by atoms with E-state index >= 15 is 0 Å². The second-order valence-electron chi connectivity index (χ2n) is 6.75. The third-order valence-corrected chi connectivity index (χ3v) is 4.73. The third-order valence-electron chi connectivity index (χ3n) is 4.73. The van der Waals surface area contributed by atoms with E-state index in [1.54, 1.807) is 22.7 Å². The average molecular weight is 410 g/mol. The van der Waals surface area contributed by atoms with Crippen molar-refractivity contribution in [1.82, 2.24) is 24.6 Å². The molecule has 8 heteroatoms. The lowest BCUT2D eigenvalue weighted by Gasteiger charge is -2.07. The highest BCUT2D eigenvalue weighted by molar-refractivity contribution is 5.93. The van der Waals surface area contributed by atoms with Gasteiger partial charge in [-0.25, -0.2) is 15.0 Å². The van der Waals surface area contributed by atoms with Crippen molar-refractivity contribution in [2.45, 2.75) is 6.92 Å². The molecule has 8 nitrogen and oxygen atoms in total. The maximum Gasteiger partial charge on any atom is 0.293 e. The molecule has 0 aliphatic carbocycles. The number of rotatable bonds is 5. The molecular weight excluding hydrogens is 392 g/mol. The summed E-state index contributed by atoms with van der Waals surface area (Å²) in [6, 6.07) is 20.4. The van der Waals surface area contributed by atoms with Crippen LogP contribution in [-0.2, 0) is 0 Å². The largest absolute Gasteiger partial charge is 0.494 e. The van der Waals surface area contributed by atoms with Gasteiger partial charge in [-0.05, 0) is 55.5 Å². The Balaban J connectivity index is 1.68. The van der Waals surface area contributed by atoms with Crippen molar-refractivity contribution in [3.05, 3.63) is 83.3 Å². The molecule has 0 spiro atoms. The molecule has 152 valence electrons. The van der Waals surface area contributed by atoms with Crippen molar-refractivity contribution in [2.75, 3.05) is 11.9 Å². The molecule has 0 bridgehead atoms. The first-order valence-electron chi connectivity index (χ1n) is 9.84. The lowest BCUT2D eigenvalue weighted by Crippen LogP contribution is -2.11. The van der Waals surface area contributed by atoms with E-state index in [4.69, 9.17) is 9.72 Å². The van der Waals surface area contributed by atoms with Crippen molar-refractivity contribution in [3.63, 3.8) is 0 Å². The minimum atomic E-state index is -0.389. The van der Waals surface area contributed by atoms with Crippen LogP contribution in [0.25, 0.3) is 27.9 Å². The number of fused-ring (bicyclic) bond motifs is 3. The van der Waals surface area contributed by atoms with Gasteiger partial charge in [-0.2, -0.15) is 4.52 Å². The lowest BCUT2D eigenvalue weighted by atomic mass is 10.2. The first-order chi connectivity index (χ1) is 15.2. The summed E-state index contributed by atoms with van der Waals surface area (Å²) in [6.07, 6.45) is 1.45. The topological polar surface area (TPSA) is 94.3 Å². The molecule has 0 aliphatic rings. The van der Waals surface area contributed by atoms with Gasteiger partial charge in [0.25, 0.3) is 5.56 Å². The second kappa shape index (κ2) is 7.83. The van der Waals surface area contributed by atoms with Gasteiger partial charge in [0.2, 0.25) is 5.95 Å². The molecule has 0 saturated carbocycles. The number of ether oxygens (including phenoxy) is 1. The highest BCUT2D eigenvalue weighted by Gasteiger charge is 2.15. The first kappa shape index (κ1) is 18.7. The fraction of sp³-hybridized carbons (Fsp3) is 0.0870. The van der Waals surface area contributed by atoms with Crippen LogP contribution < -0.4 is 15.6 Å². The summed E-state index contributed by atoms with van der Waals surface area (Å²) in [7, 11) is 0. The van der Waals surface area contributed by atoms with E-state index < -0.39 is 0 Å². The molecule has 5 rings (SSSR count). The normalized spacial score (nSPS) is 11.0. The van der Waals surface area contributed by atoms with Crippen LogP contribution in [0.3, 0.4) is 0 Å². The predicted molar refractivity (Wildman–Crippen MR) is 119 cm³/mol. The van der Waals surface area contributed by atoms with E-state index in [0.29, 0.717) is 29.7 Å². The zero-order valence-corrected chi connectivity index (χ0v) is 16.7. The quantitative estimate of drug-likeness (QED) is 0.470.